The fraction of sp³-hybridized carbons (Fsp3) is 0.200. The number of carboxylic acids is 1. The zero-order valence-corrected chi connectivity index (χ0v) is 22.0. The Morgan fingerprint density at radius 3 is 2.18 bits per heavy atom. The summed E-state index contributed by atoms with van der Waals surface area (Å²) in [5.41, 5.74) is -3.81. The molecule has 39 heavy (non-hydrogen) atoms. The quantitative estimate of drug-likeness (QED) is 0.215. The fourth-order valence-electron chi connectivity index (χ4n) is 4.31. The summed E-state index contributed by atoms with van der Waals surface area (Å²) in [5.74, 6) is -1.55. The van der Waals surface area contributed by atoms with Gasteiger partial charge in [-0.3, -0.25) is 4.79 Å². The van der Waals surface area contributed by atoms with E-state index in [1.807, 2.05) is 30.3 Å². The van der Waals surface area contributed by atoms with E-state index >= 15 is 0 Å². The number of carboxylic acid groups (broad SMARTS) is 1. The average Bonchev–Trinajstić information content (AvgIpc) is 2.90. The van der Waals surface area contributed by atoms with Gasteiger partial charge in [-0.1, -0.05) is 86.6 Å². The molecule has 0 aliphatic carbocycles. The molecule has 4 rings (SSSR count). The van der Waals surface area contributed by atoms with Crippen LogP contribution in [0.2, 0.25) is 0 Å². The number of ether oxygens (including phenoxy) is 1. The molecule has 0 radical (unpaired) electrons. The number of carbonyl (C=O) groups excluding carboxylic acids is 1. The van der Waals surface area contributed by atoms with E-state index in [4.69, 9.17) is 4.74 Å². The van der Waals surface area contributed by atoms with Crippen molar-refractivity contribution in [3.05, 3.63) is 108 Å². The zero-order valence-electron chi connectivity index (χ0n) is 21.2. The first kappa shape index (κ1) is 28.0. The number of fused-ring (bicyclic) bond motifs is 1. The lowest BCUT2D eigenvalue weighted by molar-refractivity contribution is -0.140. The van der Waals surface area contributed by atoms with E-state index in [9.17, 15) is 27.9 Å². The highest BCUT2D eigenvalue weighted by molar-refractivity contribution is 8.00. The first-order valence-corrected chi connectivity index (χ1v) is 12.9. The number of alkyl halides is 3. The van der Waals surface area contributed by atoms with E-state index in [1.165, 1.54) is 24.3 Å². The molecule has 0 saturated carbocycles. The van der Waals surface area contributed by atoms with Gasteiger partial charge in [0.15, 0.2) is 0 Å². The lowest BCUT2D eigenvalue weighted by atomic mass is 9.77. The third kappa shape index (κ3) is 6.72. The average molecular weight is 554 g/mol. The van der Waals surface area contributed by atoms with E-state index < -0.39 is 28.8 Å². The summed E-state index contributed by atoms with van der Waals surface area (Å²) in [5, 5.41) is 14.2. The summed E-state index contributed by atoms with van der Waals surface area (Å²) in [7, 11) is 0. The van der Waals surface area contributed by atoms with Gasteiger partial charge in [-0.25, -0.2) is 4.79 Å². The largest absolute Gasteiger partial charge is 0.487 e. The number of hydrogen-bond donors (Lipinski definition) is 2. The Kier molecular flexibility index (Phi) is 8.20. The normalized spacial score (nSPS) is 12.6. The number of rotatable bonds is 9. The van der Waals surface area contributed by atoms with Crippen molar-refractivity contribution < 1.29 is 32.6 Å². The summed E-state index contributed by atoms with van der Waals surface area (Å²) < 4.78 is 44.0. The molecule has 4 aromatic carbocycles. The van der Waals surface area contributed by atoms with Crippen LogP contribution in [0.25, 0.3) is 10.8 Å². The van der Waals surface area contributed by atoms with Crippen LogP contribution in [0.3, 0.4) is 0 Å². The maximum Gasteiger partial charge on any atom is 0.446 e. The van der Waals surface area contributed by atoms with Crippen molar-refractivity contribution in [2.75, 3.05) is 0 Å². The number of halogens is 3. The SMILES string of the molecule is CC(C)(c1ccccc1)C(NC(=O)c1ccc2ccccc2c1OCc1ccc(SC(F)(F)F)cc1)C(=O)O. The van der Waals surface area contributed by atoms with E-state index in [0.29, 0.717) is 10.9 Å². The maximum atomic E-state index is 13.5. The minimum atomic E-state index is -4.38. The Morgan fingerprint density at radius 1 is 0.897 bits per heavy atom. The highest BCUT2D eigenvalue weighted by atomic mass is 32.2. The molecule has 1 amide bonds. The first-order chi connectivity index (χ1) is 18.5. The molecule has 0 spiro atoms. The lowest BCUT2D eigenvalue weighted by Gasteiger charge is -2.32. The predicted molar refractivity (Wildman–Crippen MR) is 145 cm³/mol. The number of carbonyl (C=O) groups is 2. The number of benzene rings is 4. The molecule has 2 N–H and O–H groups in total. The van der Waals surface area contributed by atoms with E-state index in [-0.39, 0.29) is 34.6 Å². The number of amides is 1. The van der Waals surface area contributed by atoms with Crippen molar-refractivity contribution in [2.45, 2.75) is 42.3 Å². The van der Waals surface area contributed by atoms with Crippen molar-refractivity contribution in [3.63, 3.8) is 0 Å². The Hall–Kier alpha value is -3.98. The van der Waals surface area contributed by atoms with Crippen LogP contribution >= 0.6 is 11.8 Å². The van der Waals surface area contributed by atoms with Gasteiger partial charge in [0.25, 0.3) is 5.91 Å². The van der Waals surface area contributed by atoms with Crippen LogP contribution in [0.1, 0.15) is 35.3 Å². The van der Waals surface area contributed by atoms with Gasteiger partial charge in [-0.05, 0) is 46.5 Å². The number of aliphatic carboxylic acids is 1. The van der Waals surface area contributed by atoms with Crippen LogP contribution in [0.4, 0.5) is 13.2 Å². The molecule has 4 aromatic rings. The molecule has 0 fully saturated rings. The van der Waals surface area contributed by atoms with Crippen molar-refractivity contribution >= 4 is 34.4 Å². The fourth-order valence-corrected chi connectivity index (χ4v) is 4.85. The molecule has 0 aliphatic heterocycles. The second-order valence-corrected chi connectivity index (χ2v) is 10.6. The van der Waals surface area contributed by atoms with Crippen LogP contribution in [0, 0.1) is 0 Å². The molecular weight excluding hydrogens is 527 g/mol. The number of nitrogens with one attached hydrogen (secondary N) is 1. The van der Waals surface area contributed by atoms with Crippen LogP contribution in [0.5, 0.6) is 5.75 Å². The third-order valence-corrected chi connectivity index (χ3v) is 7.17. The highest BCUT2D eigenvalue weighted by Gasteiger charge is 2.38. The Labute approximate surface area is 228 Å². The van der Waals surface area contributed by atoms with Gasteiger partial charge in [0.2, 0.25) is 0 Å². The van der Waals surface area contributed by atoms with Gasteiger partial charge >= 0.3 is 11.5 Å². The van der Waals surface area contributed by atoms with Crippen molar-refractivity contribution in [1.29, 1.82) is 0 Å². The van der Waals surface area contributed by atoms with Gasteiger partial charge < -0.3 is 15.2 Å². The molecule has 0 heterocycles. The monoisotopic (exact) mass is 553 g/mol. The van der Waals surface area contributed by atoms with Gasteiger partial charge in [0, 0.05) is 15.7 Å². The number of thioether (sulfide) groups is 1. The topological polar surface area (TPSA) is 75.6 Å². The van der Waals surface area contributed by atoms with Gasteiger partial charge in [-0.2, -0.15) is 13.2 Å². The summed E-state index contributed by atoms with van der Waals surface area (Å²) in [4.78, 5) is 25.9. The van der Waals surface area contributed by atoms with E-state index in [0.717, 1.165) is 10.9 Å². The van der Waals surface area contributed by atoms with E-state index in [2.05, 4.69) is 5.32 Å². The molecule has 5 nitrogen and oxygen atoms in total. The Morgan fingerprint density at radius 2 is 1.54 bits per heavy atom. The van der Waals surface area contributed by atoms with Crippen LogP contribution in [-0.4, -0.2) is 28.5 Å². The van der Waals surface area contributed by atoms with Crippen LogP contribution in [-0.2, 0) is 16.8 Å². The maximum absolute atomic E-state index is 13.5. The first-order valence-electron chi connectivity index (χ1n) is 12.0. The zero-order chi connectivity index (χ0) is 28.2. The molecular formula is C30H26F3NO4S. The molecule has 0 aliphatic rings. The molecule has 0 aromatic heterocycles. The minimum Gasteiger partial charge on any atom is -0.487 e. The standard InChI is InChI=1S/C30H26F3NO4S/c1-29(2,21-9-4-3-5-10-21)26(28(36)37)34-27(35)24-17-14-20-8-6-7-11-23(20)25(24)38-18-19-12-15-22(16-13-19)39-30(31,32)33/h3-17,26H,18H2,1-2H3,(H,34,35)(H,36,37). The summed E-state index contributed by atoms with van der Waals surface area (Å²) in [6.07, 6.45) is 0. The smallest absolute Gasteiger partial charge is 0.446 e. The highest BCUT2D eigenvalue weighted by Crippen LogP contribution is 2.37. The lowest BCUT2D eigenvalue weighted by Crippen LogP contribution is -2.52. The summed E-state index contributed by atoms with van der Waals surface area (Å²) in [6.45, 7) is 3.49. The van der Waals surface area contributed by atoms with Gasteiger partial charge in [-0.15, -0.1) is 0 Å². The summed E-state index contributed by atoms with van der Waals surface area (Å²) in [6, 6.07) is 24.2. The van der Waals surface area contributed by atoms with Gasteiger partial charge in [0.1, 0.15) is 18.4 Å². The molecule has 0 saturated heterocycles. The van der Waals surface area contributed by atoms with Crippen LogP contribution in [0.15, 0.2) is 95.9 Å². The third-order valence-electron chi connectivity index (χ3n) is 6.43. The van der Waals surface area contributed by atoms with Crippen molar-refractivity contribution in [2.24, 2.45) is 0 Å². The Balaban J connectivity index is 1.63. The minimum absolute atomic E-state index is 0.0108. The molecule has 9 heteroatoms. The van der Waals surface area contributed by atoms with Crippen LogP contribution < -0.4 is 10.1 Å². The number of hydrogen-bond acceptors (Lipinski definition) is 4. The molecule has 1 atom stereocenters. The Bertz CT molecular complexity index is 1470. The van der Waals surface area contributed by atoms with Gasteiger partial charge in [0.05, 0.1) is 5.56 Å². The van der Waals surface area contributed by atoms with Crippen molar-refractivity contribution in [3.8, 4) is 5.75 Å². The molecule has 202 valence electrons. The second-order valence-electron chi connectivity index (χ2n) is 9.48. The molecule has 1 unspecified atom stereocenters. The summed E-state index contributed by atoms with van der Waals surface area (Å²) >= 11 is -0.201. The van der Waals surface area contributed by atoms with Crippen molar-refractivity contribution in [1.82, 2.24) is 5.32 Å². The second kappa shape index (κ2) is 11.4. The predicted octanol–water partition coefficient (Wildman–Crippen LogP) is 7.19. The van der Waals surface area contributed by atoms with E-state index in [1.54, 1.807) is 50.2 Å². The molecule has 0 bridgehead atoms.